The normalized spacial score (nSPS) is 18.5. The summed E-state index contributed by atoms with van der Waals surface area (Å²) < 4.78 is 13.3. The molecule has 0 aliphatic carbocycles. The number of carbonyl (C=O) groups excluding carboxylic acids is 2. The summed E-state index contributed by atoms with van der Waals surface area (Å²) in [5.74, 6) is -0.921. The van der Waals surface area contributed by atoms with Crippen LogP contribution in [-0.2, 0) is 4.79 Å². The third-order valence-corrected chi connectivity index (χ3v) is 4.76. The number of hydrogen-bond acceptors (Lipinski definition) is 3. The summed E-state index contributed by atoms with van der Waals surface area (Å²) in [5.41, 5.74) is 1.75. The van der Waals surface area contributed by atoms with Gasteiger partial charge in [-0.2, -0.15) is 0 Å². The molecule has 0 radical (unpaired) electrons. The maximum Gasteiger partial charge on any atom is 0.252 e. The van der Waals surface area contributed by atoms with Gasteiger partial charge in [-0.25, -0.2) is 4.39 Å². The van der Waals surface area contributed by atoms with Gasteiger partial charge < -0.3 is 15.3 Å². The molecule has 1 aliphatic rings. The highest BCUT2D eigenvalue weighted by molar-refractivity contribution is 6.09. The number of rotatable bonds is 4. The number of benzene rings is 3. The highest BCUT2D eigenvalue weighted by Crippen LogP contribution is 2.39. The zero-order chi connectivity index (χ0) is 19.7. The van der Waals surface area contributed by atoms with E-state index in [-0.39, 0.29) is 17.6 Å². The molecule has 0 spiro atoms. The first-order chi connectivity index (χ1) is 13.5. The van der Waals surface area contributed by atoms with Gasteiger partial charge in [0.15, 0.2) is 0 Å². The zero-order valence-electron chi connectivity index (χ0n) is 14.7. The quantitative estimate of drug-likeness (QED) is 0.686. The summed E-state index contributed by atoms with van der Waals surface area (Å²) >= 11 is 0. The highest BCUT2D eigenvalue weighted by atomic mass is 19.1. The Morgan fingerprint density at radius 2 is 1.57 bits per heavy atom. The van der Waals surface area contributed by atoms with Crippen molar-refractivity contribution in [2.24, 2.45) is 0 Å². The van der Waals surface area contributed by atoms with E-state index in [1.807, 2.05) is 0 Å². The molecule has 2 N–H and O–H groups in total. The van der Waals surface area contributed by atoms with Crippen molar-refractivity contribution in [3.63, 3.8) is 0 Å². The lowest BCUT2D eigenvalue weighted by Crippen LogP contribution is -2.66. The molecule has 1 aliphatic heterocycles. The number of hydrogen-bond donors (Lipinski definition) is 2. The molecule has 1 saturated heterocycles. The lowest BCUT2D eigenvalue weighted by atomic mass is 9.87. The first-order valence-electron chi connectivity index (χ1n) is 8.78. The number of nitrogens with zero attached hydrogens (tertiary/aromatic N) is 1. The van der Waals surface area contributed by atoms with Gasteiger partial charge in [0.2, 0.25) is 0 Å². The van der Waals surface area contributed by atoms with E-state index in [2.05, 4.69) is 5.32 Å². The number of β-lactam (4-membered cyclic amide) rings is 1. The molecule has 5 nitrogen and oxygen atoms in total. The molecular formula is C22H17FN2O3. The molecule has 0 bridgehead atoms. The van der Waals surface area contributed by atoms with Gasteiger partial charge in [0.05, 0.1) is 6.04 Å². The molecule has 0 unspecified atom stereocenters. The third kappa shape index (κ3) is 3.20. The second kappa shape index (κ2) is 7.15. The van der Waals surface area contributed by atoms with Crippen molar-refractivity contribution in [3.05, 3.63) is 95.8 Å². The van der Waals surface area contributed by atoms with Crippen LogP contribution in [0.5, 0.6) is 5.75 Å². The smallest absolute Gasteiger partial charge is 0.252 e. The lowest BCUT2D eigenvalue weighted by Gasteiger charge is -2.47. The van der Waals surface area contributed by atoms with E-state index in [4.69, 9.17) is 0 Å². The fourth-order valence-electron chi connectivity index (χ4n) is 3.35. The summed E-state index contributed by atoms with van der Waals surface area (Å²) in [6.45, 7) is 0. The van der Waals surface area contributed by atoms with E-state index in [9.17, 15) is 19.1 Å². The largest absolute Gasteiger partial charge is 0.508 e. The van der Waals surface area contributed by atoms with E-state index < -0.39 is 17.9 Å². The van der Waals surface area contributed by atoms with Crippen LogP contribution in [0.25, 0.3) is 0 Å². The molecule has 0 saturated carbocycles. The molecule has 1 heterocycles. The van der Waals surface area contributed by atoms with Crippen molar-refractivity contribution >= 4 is 17.5 Å². The second-order valence-corrected chi connectivity index (χ2v) is 6.54. The van der Waals surface area contributed by atoms with Crippen LogP contribution in [0.15, 0.2) is 78.9 Å². The summed E-state index contributed by atoms with van der Waals surface area (Å²) in [6, 6.07) is 19.5. The minimum Gasteiger partial charge on any atom is -0.508 e. The van der Waals surface area contributed by atoms with E-state index >= 15 is 0 Å². The van der Waals surface area contributed by atoms with Gasteiger partial charge in [-0.3, -0.25) is 9.59 Å². The van der Waals surface area contributed by atoms with E-state index in [0.29, 0.717) is 11.3 Å². The Labute approximate surface area is 161 Å². The van der Waals surface area contributed by atoms with Crippen molar-refractivity contribution in [1.82, 2.24) is 5.32 Å². The molecular weight excluding hydrogens is 359 g/mol. The molecule has 140 valence electrons. The average Bonchev–Trinajstić information content (AvgIpc) is 2.72. The number of carbonyl (C=O) groups is 2. The first-order valence-corrected chi connectivity index (χ1v) is 8.78. The Kier molecular flexibility index (Phi) is 4.53. The maximum atomic E-state index is 13.3. The van der Waals surface area contributed by atoms with Crippen LogP contribution < -0.4 is 10.2 Å². The predicted molar refractivity (Wildman–Crippen MR) is 102 cm³/mol. The molecule has 3 aromatic rings. The van der Waals surface area contributed by atoms with Gasteiger partial charge in [-0.05, 0) is 54.1 Å². The number of anilines is 1. The van der Waals surface area contributed by atoms with Crippen LogP contribution in [0.2, 0.25) is 0 Å². The van der Waals surface area contributed by atoms with Crippen molar-refractivity contribution in [2.45, 2.75) is 12.1 Å². The number of amides is 2. The Morgan fingerprint density at radius 3 is 2.21 bits per heavy atom. The second-order valence-electron chi connectivity index (χ2n) is 6.54. The van der Waals surface area contributed by atoms with E-state index in [1.165, 1.54) is 41.3 Å². The topological polar surface area (TPSA) is 69.6 Å². The SMILES string of the molecule is O=C(N[C@H]1C(=O)N(c2ccc(F)cc2)[C@@H]1c1ccc(O)cc1)c1ccccc1. The Bertz CT molecular complexity index is 1000. The highest BCUT2D eigenvalue weighted by Gasteiger charge is 2.49. The van der Waals surface area contributed by atoms with Gasteiger partial charge in [-0.15, -0.1) is 0 Å². The summed E-state index contributed by atoms with van der Waals surface area (Å²) in [6.07, 6.45) is 0. The summed E-state index contributed by atoms with van der Waals surface area (Å²) in [7, 11) is 0. The van der Waals surface area contributed by atoms with Gasteiger partial charge >= 0.3 is 0 Å². The van der Waals surface area contributed by atoms with Gasteiger partial charge in [0, 0.05) is 11.3 Å². The summed E-state index contributed by atoms with van der Waals surface area (Å²) in [4.78, 5) is 26.9. The number of halogens is 1. The fourth-order valence-corrected chi connectivity index (χ4v) is 3.35. The molecule has 1 fully saturated rings. The summed E-state index contributed by atoms with van der Waals surface area (Å²) in [5, 5.41) is 12.4. The van der Waals surface area contributed by atoms with Crippen LogP contribution in [0.1, 0.15) is 22.0 Å². The van der Waals surface area contributed by atoms with Gasteiger partial charge in [0.1, 0.15) is 17.6 Å². The molecule has 28 heavy (non-hydrogen) atoms. The van der Waals surface area contributed by atoms with Crippen LogP contribution in [0.4, 0.5) is 10.1 Å². The lowest BCUT2D eigenvalue weighted by molar-refractivity contribution is -0.127. The van der Waals surface area contributed by atoms with Gasteiger partial charge in [0.25, 0.3) is 11.8 Å². The molecule has 0 aromatic heterocycles. The number of nitrogens with one attached hydrogen (secondary N) is 1. The van der Waals surface area contributed by atoms with Crippen LogP contribution in [-0.4, -0.2) is 23.0 Å². The number of phenols is 1. The average molecular weight is 376 g/mol. The number of aromatic hydroxyl groups is 1. The van der Waals surface area contributed by atoms with Gasteiger partial charge in [-0.1, -0.05) is 30.3 Å². The number of phenolic OH excluding ortho intramolecular Hbond substituents is 1. The van der Waals surface area contributed by atoms with Crippen molar-refractivity contribution < 1.29 is 19.1 Å². The molecule has 4 rings (SSSR count). The zero-order valence-corrected chi connectivity index (χ0v) is 14.7. The van der Waals surface area contributed by atoms with E-state index in [1.54, 1.807) is 42.5 Å². The molecule has 2 atom stereocenters. The predicted octanol–water partition coefficient (Wildman–Crippen LogP) is 3.42. The van der Waals surface area contributed by atoms with Crippen LogP contribution >= 0.6 is 0 Å². The molecule has 3 aromatic carbocycles. The first kappa shape index (κ1) is 17.7. The van der Waals surface area contributed by atoms with Crippen LogP contribution in [0.3, 0.4) is 0 Å². The minimum absolute atomic E-state index is 0.104. The minimum atomic E-state index is -0.762. The van der Waals surface area contributed by atoms with E-state index in [0.717, 1.165) is 5.56 Å². The molecule has 2 amide bonds. The fraction of sp³-hybridized carbons (Fsp3) is 0.0909. The third-order valence-electron chi connectivity index (χ3n) is 4.76. The molecule has 6 heteroatoms. The van der Waals surface area contributed by atoms with Crippen LogP contribution in [0, 0.1) is 5.82 Å². The Morgan fingerprint density at radius 1 is 0.929 bits per heavy atom. The monoisotopic (exact) mass is 376 g/mol. The maximum absolute atomic E-state index is 13.3. The Balaban J connectivity index is 1.65. The van der Waals surface area contributed by atoms with Crippen molar-refractivity contribution in [1.29, 1.82) is 0 Å². The van der Waals surface area contributed by atoms with Crippen molar-refractivity contribution in [3.8, 4) is 5.75 Å². The standard InChI is InChI=1S/C22H17FN2O3/c23-16-8-10-17(11-9-16)25-20(14-6-12-18(26)13-7-14)19(22(25)28)24-21(27)15-4-2-1-3-5-15/h1-13,19-20,26H,(H,24,27)/t19-,20-/m1/s1. The van der Waals surface area contributed by atoms with Crippen molar-refractivity contribution in [2.75, 3.05) is 4.90 Å². The Hall–Kier alpha value is -3.67.